The largest absolute Gasteiger partial charge is 0.352 e. The summed E-state index contributed by atoms with van der Waals surface area (Å²) in [4.78, 5) is 23.9. The lowest BCUT2D eigenvalue weighted by Gasteiger charge is -2.36. The molecular formula is C17H24IN7O2S. The van der Waals surface area contributed by atoms with Crippen molar-refractivity contribution in [3.63, 3.8) is 0 Å². The third-order valence-corrected chi connectivity index (χ3v) is 5.22. The summed E-state index contributed by atoms with van der Waals surface area (Å²) in [6.45, 7) is 5.92. The number of nitrogens with one attached hydrogen (secondary N) is 1. The molecule has 1 aromatic heterocycles. The van der Waals surface area contributed by atoms with Crippen molar-refractivity contribution in [3.8, 4) is 0 Å². The second kappa shape index (κ2) is 10.5. The number of benzene rings is 1. The molecule has 0 aliphatic carbocycles. The van der Waals surface area contributed by atoms with Crippen molar-refractivity contribution < 1.29 is 4.92 Å². The number of guanidine groups is 1. The maximum atomic E-state index is 10.9. The molecule has 1 aromatic carbocycles. The van der Waals surface area contributed by atoms with Crippen LogP contribution in [0, 0.1) is 10.1 Å². The molecule has 0 bridgehead atoms. The molecule has 0 spiro atoms. The van der Waals surface area contributed by atoms with E-state index in [1.807, 2.05) is 6.07 Å². The zero-order valence-corrected chi connectivity index (χ0v) is 19.0. The SMILES string of the molecule is CCc1nsc(N2CCN(C(=NC)NCc3cccc([N+](=O)[O-])c3)CC2)n1.I. The standard InChI is InChI=1S/C17H23N7O2S.HI/c1-3-15-20-17(27-21-15)23-9-7-22(8-10-23)16(18-2)19-12-13-5-4-6-14(11-13)24(25)26;/h4-6,11H,3,7-10,12H2,1-2H3,(H,18,19);1H. The number of nitro groups is 1. The van der Waals surface area contributed by atoms with E-state index in [2.05, 4.69) is 36.4 Å². The van der Waals surface area contributed by atoms with Gasteiger partial charge in [-0.3, -0.25) is 15.1 Å². The molecular weight excluding hydrogens is 493 g/mol. The van der Waals surface area contributed by atoms with Crippen molar-refractivity contribution in [3.05, 3.63) is 45.8 Å². The first kappa shape index (κ1) is 22.3. The molecule has 1 N–H and O–H groups in total. The highest BCUT2D eigenvalue weighted by molar-refractivity contribution is 14.0. The number of hydrogen-bond donors (Lipinski definition) is 1. The quantitative estimate of drug-likeness (QED) is 0.214. The summed E-state index contributed by atoms with van der Waals surface area (Å²) >= 11 is 1.45. The molecule has 1 fully saturated rings. The highest BCUT2D eigenvalue weighted by Crippen LogP contribution is 2.19. The van der Waals surface area contributed by atoms with Crippen LogP contribution in [0.3, 0.4) is 0 Å². The molecule has 1 aliphatic rings. The molecule has 9 nitrogen and oxygen atoms in total. The molecule has 3 rings (SSSR count). The van der Waals surface area contributed by atoms with Crippen molar-refractivity contribution in [1.82, 2.24) is 19.6 Å². The Bertz CT molecular complexity index is 821. The van der Waals surface area contributed by atoms with E-state index in [0.717, 1.165) is 55.1 Å². The summed E-state index contributed by atoms with van der Waals surface area (Å²) in [7, 11) is 1.75. The van der Waals surface area contributed by atoms with Crippen LogP contribution in [0.4, 0.5) is 10.8 Å². The van der Waals surface area contributed by atoms with Crippen LogP contribution in [0.15, 0.2) is 29.3 Å². The van der Waals surface area contributed by atoms with Crippen LogP contribution in [0.2, 0.25) is 0 Å². The van der Waals surface area contributed by atoms with Gasteiger partial charge in [0.1, 0.15) is 5.82 Å². The molecule has 0 amide bonds. The van der Waals surface area contributed by atoms with Gasteiger partial charge in [-0.1, -0.05) is 19.1 Å². The average Bonchev–Trinajstić information content (AvgIpc) is 3.18. The normalized spacial score (nSPS) is 14.6. The fourth-order valence-corrected chi connectivity index (χ4v) is 3.72. The predicted octanol–water partition coefficient (Wildman–Crippen LogP) is 2.52. The van der Waals surface area contributed by atoms with E-state index in [4.69, 9.17) is 0 Å². The number of halogens is 1. The van der Waals surface area contributed by atoms with Crippen LogP contribution in [-0.2, 0) is 13.0 Å². The smallest absolute Gasteiger partial charge is 0.269 e. The lowest BCUT2D eigenvalue weighted by atomic mass is 10.2. The van der Waals surface area contributed by atoms with Crippen LogP contribution >= 0.6 is 35.5 Å². The summed E-state index contributed by atoms with van der Waals surface area (Å²) < 4.78 is 4.35. The van der Waals surface area contributed by atoms with Gasteiger partial charge >= 0.3 is 0 Å². The van der Waals surface area contributed by atoms with Crippen molar-refractivity contribution in [1.29, 1.82) is 0 Å². The molecule has 2 heterocycles. The number of hydrogen-bond acceptors (Lipinski definition) is 7. The molecule has 11 heteroatoms. The highest BCUT2D eigenvalue weighted by Gasteiger charge is 2.22. The number of piperazine rings is 1. The van der Waals surface area contributed by atoms with Crippen LogP contribution in [0.25, 0.3) is 0 Å². The number of aryl methyl sites for hydroxylation is 1. The fraction of sp³-hybridized carbons (Fsp3) is 0.471. The first-order valence-electron chi connectivity index (χ1n) is 8.87. The third kappa shape index (κ3) is 5.50. The molecule has 0 atom stereocenters. The van der Waals surface area contributed by atoms with Crippen LogP contribution in [-0.4, -0.2) is 58.4 Å². The monoisotopic (exact) mass is 517 g/mol. The Labute approximate surface area is 185 Å². The molecule has 28 heavy (non-hydrogen) atoms. The van der Waals surface area contributed by atoms with Gasteiger partial charge in [0.2, 0.25) is 5.13 Å². The number of non-ortho nitro benzene ring substituents is 1. The molecule has 0 saturated carbocycles. The van der Waals surface area contributed by atoms with Crippen molar-refractivity contribution >= 4 is 52.3 Å². The van der Waals surface area contributed by atoms with Gasteiger partial charge in [0.05, 0.1) is 4.92 Å². The maximum absolute atomic E-state index is 10.9. The van der Waals surface area contributed by atoms with E-state index < -0.39 is 0 Å². The molecule has 1 aliphatic heterocycles. The minimum absolute atomic E-state index is 0. The molecule has 2 aromatic rings. The second-order valence-electron chi connectivity index (χ2n) is 6.15. The van der Waals surface area contributed by atoms with E-state index in [0.29, 0.717) is 6.54 Å². The van der Waals surface area contributed by atoms with E-state index in [-0.39, 0.29) is 34.6 Å². The first-order chi connectivity index (χ1) is 13.1. The Morgan fingerprint density at radius 2 is 2.11 bits per heavy atom. The minimum Gasteiger partial charge on any atom is -0.352 e. The highest BCUT2D eigenvalue weighted by atomic mass is 127. The summed E-state index contributed by atoms with van der Waals surface area (Å²) in [6, 6.07) is 6.64. The van der Waals surface area contributed by atoms with Gasteiger partial charge in [-0.15, -0.1) is 24.0 Å². The fourth-order valence-electron chi connectivity index (χ4n) is 2.92. The van der Waals surface area contributed by atoms with Gasteiger partial charge < -0.3 is 15.1 Å². The van der Waals surface area contributed by atoms with Crippen LogP contribution in [0.5, 0.6) is 0 Å². The van der Waals surface area contributed by atoms with E-state index in [1.165, 1.54) is 17.6 Å². The number of nitrogens with zero attached hydrogens (tertiary/aromatic N) is 6. The number of rotatable bonds is 5. The van der Waals surface area contributed by atoms with E-state index >= 15 is 0 Å². The van der Waals surface area contributed by atoms with Gasteiger partial charge in [0.15, 0.2) is 5.96 Å². The van der Waals surface area contributed by atoms with Gasteiger partial charge in [-0.2, -0.15) is 4.37 Å². The summed E-state index contributed by atoms with van der Waals surface area (Å²) in [6.07, 6.45) is 0.852. The summed E-state index contributed by atoms with van der Waals surface area (Å²) in [5, 5.41) is 15.2. The lowest BCUT2D eigenvalue weighted by molar-refractivity contribution is -0.384. The Kier molecular flexibility index (Phi) is 8.35. The maximum Gasteiger partial charge on any atom is 0.269 e. The Hall–Kier alpha value is -2.02. The molecule has 0 radical (unpaired) electrons. The number of nitro benzene ring substituents is 1. The lowest BCUT2D eigenvalue weighted by Crippen LogP contribution is -2.52. The van der Waals surface area contributed by atoms with Crippen molar-refractivity contribution in [2.45, 2.75) is 19.9 Å². The Morgan fingerprint density at radius 3 is 2.71 bits per heavy atom. The Balaban J connectivity index is 0.00000280. The predicted molar refractivity (Wildman–Crippen MR) is 122 cm³/mol. The topological polar surface area (TPSA) is 99.8 Å². The van der Waals surface area contributed by atoms with E-state index in [1.54, 1.807) is 19.2 Å². The average molecular weight is 517 g/mol. The van der Waals surface area contributed by atoms with Gasteiger partial charge in [-0.25, -0.2) is 4.98 Å². The molecule has 0 unspecified atom stereocenters. The van der Waals surface area contributed by atoms with E-state index in [9.17, 15) is 10.1 Å². The second-order valence-corrected chi connectivity index (χ2v) is 6.88. The van der Waals surface area contributed by atoms with Gasteiger partial charge in [-0.05, 0) is 5.56 Å². The zero-order valence-electron chi connectivity index (χ0n) is 15.9. The van der Waals surface area contributed by atoms with Crippen molar-refractivity contribution in [2.24, 2.45) is 4.99 Å². The zero-order chi connectivity index (χ0) is 19.2. The first-order valence-corrected chi connectivity index (χ1v) is 9.64. The van der Waals surface area contributed by atoms with Crippen LogP contribution in [0.1, 0.15) is 18.3 Å². The third-order valence-electron chi connectivity index (χ3n) is 4.41. The van der Waals surface area contributed by atoms with Crippen LogP contribution < -0.4 is 10.2 Å². The summed E-state index contributed by atoms with van der Waals surface area (Å²) in [5.74, 6) is 1.69. The van der Waals surface area contributed by atoms with Gasteiger partial charge in [0, 0.05) is 69.9 Å². The molecule has 1 saturated heterocycles. The van der Waals surface area contributed by atoms with Gasteiger partial charge in [0.25, 0.3) is 5.69 Å². The molecule has 152 valence electrons. The summed E-state index contributed by atoms with van der Waals surface area (Å²) in [5.41, 5.74) is 0.950. The Morgan fingerprint density at radius 1 is 1.36 bits per heavy atom. The number of aromatic nitrogens is 2. The minimum atomic E-state index is -0.380. The van der Waals surface area contributed by atoms with Crippen molar-refractivity contribution in [2.75, 3.05) is 38.1 Å². The number of aliphatic imine (C=N–C) groups is 1. The number of anilines is 1.